The summed E-state index contributed by atoms with van der Waals surface area (Å²) in [6.07, 6.45) is 0. The fourth-order valence-corrected chi connectivity index (χ4v) is 3.66. The molecule has 0 aromatic carbocycles. The Kier molecular flexibility index (Phi) is 6.55. The number of esters is 2. The highest BCUT2D eigenvalue weighted by Gasteiger charge is 2.21. The second-order valence-electron chi connectivity index (χ2n) is 3.64. The van der Waals surface area contributed by atoms with Crippen LogP contribution in [0.1, 0.15) is 34.6 Å². The highest BCUT2D eigenvalue weighted by molar-refractivity contribution is 8.01. The Hall–Kier alpha value is -1.52. The molecule has 0 unspecified atom stereocenters. The highest BCUT2D eigenvalue weighted by Crippen LogP contribution is 2.35. The lowest BCUT2D eigenvalue weighted by Crippen LogP contribution is -2.06. The van der Waals surface area contributed by atoms with E-state index in [9.17, 15) is 9.59 Å². The van der Waals surface area contributed by atoms with Gasteiger partial charge in [0, 0.05) is 0 Å². The Morgan fingerprint density at radius 2 is 1.95 bits per heavy atom. The fraction of sp³-hybridized carbons (Fsp3) is 0.462. The SMILES string of the molecule is CCOC(=O)CSc1sc(C(=O)OCC)c(C)c1C#N. The van der Waals surface area contributed by atoms with Crippen molar-refractivity contribution in [1.82, 2.24) is 0 Å². The summed E-state index contributed by atoms with van der Waals surface area (Å²) in [5.41, 5.74) is 1.02. The molecule has 0 atom stereocenters. The molecule has 1 aromatic rings. The van der Waals surface area contributed by atoms with Crippen molar-refractivity contribution >= 4 is 35.0 Å². The standard InChI is InChI=1S/C13H15NO4S2/c1-4-17-10(15)7-19-13-9(6-14)8(3)11(20-13)12(16)18-5-2/h4-5,7H2,1-3H3. The van der Waals surface area contributed by atoms with Gasteiger partial charge in [-0.15, -0.1) is 23.1 Å². The zero-order valence-corrected chi connectivity index (χ0v) is 13.2. The van der Waals surface area contributed by atoms with Gasteiger partial charge in [-0.25, -0.2) is 4.79 Å². The van der Waals surface area contributed by atoms with Crippen LogP contribution in [0.5, 0.6) is 0 Å². The second kappa shape index (κ2) is 7.92. The van der Waals surface area contributed by atoms with Gasteiger partial charge in [0.1, 0.15) is 10.9 Å². The summed E-state index contributed by atoms with van der Waals surface area (Å²) in [6.45, 7) is 5.76. The van der Waals surface area contributed by atoms with Crippen LogP contribution in [0.15, 0.2) is 4.21 Å². The molecule has 0 amide bonds. The average molecular weight is 313 g/mol. The predicted octanol–water partition coefficient (Wildman–Crippen LogP) is 2.76. The molecule has 0 bridgehead atoms. The molecule has 7 heteroatoms. The van der Waals surface area contributed by atoms with Crippen LogP contribution >= 0.6 is 23.1 Å². The third kappa shape index (κ3) is 3.99. The molecule has 108 valence electrons. The minimum absolute atomic E-state index is 0.116. The third-order valence-corrected chi connectivity index (χ3v) is 4.83. The third-order valence-electron chi connectivity index (χ3n) is 2.31. The number of carbonyl (C=O) groups excluding carboxylic acids is 2. The van der Waals surface area contributed by atoms with Gasteiger partial charge in [0.05, 0.1) is 28.7 Å². The van der Waals surface area contributed by atoms with Crippen LogP contribution in [-0.4, -0.2) is 30.9 Å². The van der Waals surface area contributed by atoms with Crippen LogP contribution in [0.25, 0.3) is 0 Å². The molecule has 0 fully saturated rings. The van der Waals surface area contributed by atoms with E-state index in [0.717, 1.165) is 0 Å². The van der Waals surface area contributed by atoms with Crippen LogP contribution in [0.4, 0.5) is 0 Å². The first-order chi connectivity index (χ1) is 9.54. The number of thioether (sulfide) groups is 1. The Morgan fingerprint density at radius 3 is 2.50 bits per heavy atom. The average Bonchev–Trinajstić information content (AvgIpc) is 2.73. The number of hydrogen-bond acceptors (Lipinski definition) is 7. The maximum Gasteiger partial charge on any atom is 0.348 e. The van der Waals surface area contributed by atoms with Gasteiger partial charge in [0.2, 0.25) is 0 Å². The first kappa shape index (κ1) is 16.5. The molecule has 1 aromatic heterocycles. The molecule has 0 aliphatic carbocycles. The van der Waals surface area contributed by atoms with Crippen LogP contribution in [-0.2, 0) is 14.3 Å². The van der Waals surface area contributed by atoms with E-state index in [1.165, 1.54) is 23.1 Å². The second-order valence-corrected chi connectivity index (χ2v) is 5.91. The molecule has 0 saturated carbocycles. The maximum atomic E-state index is 11.8. The number of thiophene rings is 1. The van der Waals surface area contributed by atoms with Crippen molar-refractivity contribution in [2.45, 2.75) is 25.0 Å². The zero-order chi connectivity index (χ0) is 15.1. The Morgan fingerprint density at radius 1 is 1.30 bits per heavy atom. The van der Waals surface area contributed by atoms with Crippen LogP contribution < -0.4 is 0 Å². The van der Waals surface area contributed by atoms with Crippen LogP contribution in [0, 0.1) is 18.3 Å². The topological polar surface area (TPSA) is 76.4 Å². The number of ether oxygens (including phenoxy) is 2. The van der Waals surface area contributed by atoms with Crippen molar-refractivity contribution in [2.75, 3.05) is 19.0 Å². The summed E-state index contributed by atoms with van der Waals surface area (Å²) >= 11 is 2.38. The van der Waals surface area contributed by atoms with Gasteiger partial charge in [-0.05, 0) is 26.3 Å². The van der Waals surface area contributed by atoms with Gasteiger partial charge in [-0.1, -0.05) is 0 Å². The van der Waals surface area contributed by atoms with Crippen molar-refractivity contribution in [1.29, 1.82) is 5.26 Å². The number of carbonyl (C=O) groups is 2. The summed E-state index contributed by atoms with van der Waals surface area (Å²) in [4.78, 5) is 23.5. The molecule has 0 radical (unpaired) electrons. The molecule has 20 heavy (non-hydrogen) atoms. The minimum Gasteiger partial charge on any atom is -0.465 e. The molecule has 1 heterocycles. The summed E-state index contributed by atoms with van der Waals surface area (Å²) in [5.74, 6) is -0.662. The van der Waals surface area contributed by atoms with Crippen molar-refractivity contribution < 1.29 is 19.1 Å². The normalized spacial score (nSPS) is 9.90. The lowest BCUT2D eigenvalue weighted by atomic mass is 10.2. The maximum absolute atomic E-state index is 11.8. The molecule has 1 rings (SSSR count). The molecule has 0 spiro atoms. The van der Waals surface area contributed by atoms with E-state index in [-0.39, 0.29) is 18.3 Å². The van der Waals surface area contributed by atoms with Crippen molar-refractivity contribution in [3.8, 4) is 6.07 Å². The molecule has 0 saturated heterocycles. The first-order valence-corrected chi connectivity index (χ1v) is 7.84. The Balaban J connectivity index is 2.92. The minimum atomic E-state index is -0.436. The molecule has 5 nitrogen and oxygen atoms in total. The lowest BCUT2D eigenvalue weighted by Gasteiger charge is -2.00. The number of nitriles is 1. The van der Waals surface area contributed by atoms with E-state index >= 15 is 0 Å². The summed E-state index contributed by atoms with van der Waals surface area (Å²) in [6, 6.07) is 2.07. The molecule has 0 aliphatic heterocycles. The summed E-state index contributed by atoms with van der Waals surface area (Å²) < 4.78 is 10.4. The van der Waals surface area contributed by atoms with Crippen LogP contribution in [0.2, 0.25) is 0 Å². The largest absolute Gasteiger partial charge is 0.465 e. The zero-order valence-electron chi connectivity index (χ0n) is 11.5. The van der Waals surface area contributed by atoms with E-state index in [2.05, 4.69) is 6.07 Å². The fourth-order valence-electron chi connectivity index (χ4n) is 1.44. The van der Waals surface area contributed by atoms with E-state index < -0.39 is 5.97 Å². The van der Waals surface area contributed by atoms with Crippen molar-refractivity contribution in [3.05, 3.63) is 16.0 Å². The van der Waals surface area contributed by atoms with E-state index in [0.29, 0.717) is 26.8 Å². The molecule has 0 N–H and O–H groups in total. The van der Waals surface area contributed by atoms with Gasteiger partial charge < -0.3 is 9.47 Å². The van der Waals surface area contributed by atoms with Crippen LogP contribution in [0.3, 0.4) is 0 Å². The molecular formula is C13H15NO4S2. The summed E-state index contributed by atoms with van der Waals surface area (Å²) in [7, 11) is 0. The quantitative estimate of drug-likeness (QED) is 0.593. The number of hydrogen-bond donors (Lipinski definition) is 0. The molecular weight excluding hydrogens is 298 g/mol. The van der Waals surface area contributed by atoms with E-state index in [1.807, 2.05) is 0 Å². The Labute approximate surface area is 125 Å². The Bertz CT molecular complexity index is 545. The number of nitrogens with zero attached hydrogens (tertiary/aromatic N) is 1. The lowest BCUT2D eigenvalue weighted by molar-refractivity contribution is -0.139. The van der Waals surface area contributed by atoms with Gasteiger partial charge in [-0.2, -0.15) is 5.26 Å². The van der Waals surface area contributed by atoms with E-state index in [1.54, 1.807) is 20.8 Å². The monoisotopic (exact) mass is 313 g/mol. The first-order valence-electron chi connectivity index (χ1n) is 6.04. The molecule has 0 aliphatic rings. The van der Waals surface area contributed by atoms with Gasteiger partial charge in [0.25, 0.3) is 0 Å². The predicted molar refractivity (Wildman–Crippen MR) is 77.1 cm³/mol. The van der Waals surface area contributed by atoms with Gasteiger partial charge >= 0.3 is 11.9 Å². The highest BCUT2D eigenvalue weighted by atomic mass is 32.2. The van der Waals surface area contributed by atoms with Crippen molar-refractivity contribution in [2.24, 2.45) is 0 Å². The smallest absolute Gasteiger partial charge is 0.348 e. The van der Waals surface area contributed by atoms with Crippen molar-refractivity contribution in [3.63, 3.8) is 0 Å². The van der Waals surface area contributed by atoms with Gasteiger partial charge in [0.15, 0.2) is 0 Å². The summed E-state index contributed by atoms with van der Waals surface area (Å²) in [5, 5.41) is 9.17. The van der Waals surface area contributed by atoms with E-state index in [4.69, 9.17) is 14.7 Å². The van der Waals surface area contributed by atoms with Gasteiger partial charge in [-0.3, -0.25) is 4.79 Å². The number of rotatable bonds is 6.